The molecule has 9 nitrogen and oxygen atoms in total. The lowest BCUT2D eigenvalue weighted by Gasteiger charge is -2.46. The molecule has 0 radical (unpaired) electrons. The number of ketones is 1. The second kappa shape index (κ2) is 19.5. The highest BCUT2D eigenvalue weighted by atomic mass is 28.4. The van der Waals surface area contributed by atoms with Crippen LogP contribution in [0.4, 0.5) is 4.79 Å². The number of benzene rings is 2. The van der Waals surface area contributed by atoms with Crippen molar-refractivity contribution in [3.8, 4) is 0 Å². The van der Waals surface area contributed by atoms with Crippen LogP contribution in [-0.4, -0.2) is 73.2 Å². The Bertz CT molecular complexity index is 1590. The smallest absolute Gasteiger partial charge is 0.416 e. The molecule has 11 atom stereocenters. The number of amides is 2. The van der Waals surface area contributed by atoms with E-state index in [1.807, 2.05) is 88.4 Å². The summed E-state index contributed by atoms with van der Waals surface area (Å²) in [5.74, 6) is -2.66. The maximum atomic E-state index is 14.2. The highest BCUT2D eigenvalue weighted by Crippen LogP contribution is 2.45. The van der Waals surface area contributed by atoms with Gasteiger partial charge in [0.1, 0.15) is 6.61 Å². The topological polar surface area (TPSA) is 112 Å². The largest absolute Gasteiger partial charge is 0.447 e. The van der Waals surface area contributed by atoms with Gasteiger partial charge in [-0.05, 0) is 53.4 Å². The molecule has 0 unspecified atom stereocenters. The Kier molecular flexibility index (Phi) is 15.9. The molecule has 0 bridgehead atoms. The summed E-state index contributed by atoms with van der Waals surface area (Å²) in [4.78, 5) is 42.4. The van der Waals surface area contributed by atoms with Gasteiger partial charge in [0.25, 0.3) is 0 Å². The van der Waals surface area contributed by atoms with Gasteiger partial charge in [-0.1, -0.05) is 143 Å². The van der Waals surface area contributed by atoms with Crippen LogP contribution in [0.15, 0.2) is 72.8 Å². The maximum Gasteiger partial charge on any atom is 0.416 e. The Morgan fingerprint density at radius 2 is 1.39 bits per heavy atom. The number of Topliss-reactive ketones (excluding diaryl/α,β-unsaturated/α-hetero) is 1. The van der Waals surface area contributed by atoms with Crippen LogP contribution >= 0.6 is 0 Å². The lowest BCUT2D eigenvalue weighted by atomic mass is 9.78. The van der Waals surface area contributed by atoms with Gasteiger partial charge in [-0.3, -0.25) is 9.59 Å². The minimum Gasteiger partial charge on any atom is -0.447 e. The third kappa shape index (κ3) is 9.92. The molecule has 2 aromatic carbocycles. The summed E-state index contributed by atoms with van der Waals surface area (Å²) < 4.78 is 25.6. The molecule has 2 aliphatic heterocycles. The molecule has 0 aliphatic carbocycles. The molecular formula is C46H69NO8Si. The molecule has 56 heavy (non-hydrogen) atoms. The average Bonchev–Trinajstić information content (AvgIpc) is 3.53. The van der Waals surface area contributed by atoms with Crippen molar-refractivity contribution in [1.82, 2.24) is 4.90 Å². The first-order valence-electron chi connectivity index (χ1n) is 20.8. The van der Waals surface area contributed by atoms with Crippen LogP contribution in [0.3, 0.4) is 0 Å². The number of aliphatic hydroxyl groups excluding tert-OH is 1. The van der Waals surface area contributed by atoms with Crippen LogP contribution in [-0.2, 0) is 34.6 Å². The van der Waals surface area contributed by atoms with Crippen molar-refractivity contribution in [2.45, 2.75) is 149 Å². The van der Waals surface area contributed by atoms with E-state index in [1.165, 1.54) is 4.90 Å². The molecule has 2 fully saturated rings. The van der Waals surface area contributed by atoms with Gasteiger partial charge in [0.05, 0.1) is 30.3 Å². The summed E-state index contributed by atoms with van der Waals surface area (Å²) >= 11 is 0. The normalized spacial score (nSPS) is 25.1. The van der Waals surface area contributed by atoms with Crippen LogP contribution in [0, 0.1) is 29.6 Å². The molecular weight excluding hydrogens is 723 g/mol. The second-order valence-electron chi connectivity index (χ2n) is 17.6. The van der Waals surface area contributed by atoms with E-state index in [1.54, 1.807) is 13.8 Å². The molecule has 10 heteroatoms. The Labute approximate surface area is 337 Å². The number of cyclic esters (lactones) is 1. The lowest BCUT2D eigenvalue weighted by molar-refractivity contribution is -0.288. The molecule has 2 saturated heterocycles. The van der Waals surface area contributed by atoms with E-state index in [0.717, 1.165) is 11.1 Å². The van der Waals surface area contributed by atoms with Crippen LogP contribution in [0.5, 0.6) is 0 Å². The van der Waals surface area contributed by atoms with Gasteiger partial charge in [0.15, 0.2) is 12.1 Å². The van der Waals surface area contributed by atoms with Crippen molar-refractivity contribution >= 4 is 26.1 Å². The van der Waals surface area contributed by atoms with Gasteiger partial charge in [-0.25, -0.2) is 9.69 Å². The van der Waals surface area contributed by atoms with Gasteiger partial charge < -0.3 is 23.7 Å². The zero-order valence-electron chi connectivity index (χ0n) is 35.9. The SMILES string of the molecule is C=C(C[C@H](C)[C@@H]1O[C@H](c2ccccc2)O[C@H]([C@@H](C)C(=O)N2C(=O)OC[C@H]2Cc2ccccc2)[C@@H]1C)C(=O)[C@H](C)[C@@H](O)[C@@H](C)[C@@H](C)O[Si](C(C)C)(C(C)C)C(C)C. The number of hydrogen-bond acceptors (Lipinski definition) is 8. The highest BCUT2D eigenvalue weighted by molar-refractivity contribution is 6.77. The summed E-state index contributed by atoms with van der Waals surface area (Å²) in [7, 11) is -2.20. The molecule has 1 N–H and O–H groups in total. The van der Waals surface area contributed by atoms with E-state index in [-0.39, 0.29) is 42.2 Å². The van der Waals surface area contributed by atoms with Crippen molar-refractivity contribution in [2.75, 3.05) is 6.61 Å². The lowest BCUT2D eigenvalue weighted by Crippen LogP contribution is -2.52. The fourth-order valence-electron chi connectivity index (χ4n) is 9.53. The number of carbonyl (C=O) groups excluding carboxylic acids is 3. The predicted molar refractivity (Wildman–Crippen MR) is 223 cm³/mol. The molecule has 2 amide bonds. The summed E-state index contributed by atoms with van der Waals surface area (Å²) in [6.45, 7) is 29.4. The first-order valence-corrected chi connectivity index (χ1v) is 22.9. The van der Waals surface area contributed by atoms with Crippen LogP contribution in [0.2, 0.25) is 16.6 Å². The van der Waals surface area contributed by atoms with Crippen LogP contribution in [0.25, 0.3) is 0 Å². The number of nitrogens with zero attached hydrogens (tertiary/aromatic N) is 1. The van der Waals surface area contributed by atoms with Gasteiger partial charge in [0, 0.05) is 29.4 Å². The molecule has 0 saturated carbocycles. The molecule has 2 aliphatic rings. The van der Waals surface area contributed by atoms with Crippen molar-refractivity contribution in [3.63, 3.8) is 0 Å². The Morgan fingerprint density at radius 1 is 0.857 bits per heavy atom. The fraction of sp³-hybridized carbons (Fsp3) is 0.630. The number of ether oxygens (including phenoxy) is 3. The summed E-state index contributed by atoms with van der Waals surface area (Å²) in [6, 6.07) is 18.9. The summed E-state index contributed by atoms with van der Waals surface area (Å²) in [5, 5.41) is 11.6. The quantitative estimate of drug-likeness (QED) is 0.117. The standard InChI is InChI=1S/C46H69NO8Si/c1-27(2)56(28(3)4,29(5)6)55-36(13)32(9)41(49)33(10)40(48)30(7)24-31(8)42-34(11)43(54-45(53-42)38-22-18-15-19-23-38)35(12)44(50)47-39(26-52-46(47)51)25-37-20-16-14-17-21-37/h14-23,27-29,31-36,39,41-43,45,49H,7,24-26H2,1-6,8-13H3/t31-,32-,33-,34+,35+,36+,39+,41-,42-,43-,45-/m0/s1. The number of imide groups is 1. The maximum absolute atomic E-state index is 14.2. The summed E-state index contributed by atoms with van der Waals surface area (Å²) in [5.41, 5.74) is 3.44. The van der Waals surface area contributed by atoms with Gasteiger partial charge >= 0.3 is 6.09 Å². The number of aliphatic hydroxyl groups is 1. The predicted octanol–water partition coefficient (Wildman–Crippen LogP) is 9.70. The monoisotopic (exact) mass is 791 g/mol. The molecule has 310 valence electrons. The van der Waals surface area contributed by atoms with Crippen molar-refractivity contribution in [1.29, 1.82) is 0 Å². The molecule has 0 aromatic heterocycles. The van der Waals surface area contributed by atoms with Crippen molar-refractivity contribution in [2.24, 2.45) is 29.6 Å². The van der Waals surface area contributed by atoms with Crippen molar-refractivity contribution in [3.05, 3.63) is 83.9 Å². The van der Waals surface area contributed by atoms with E-state index in [2.05, 4.69) is 48.1 Å². The zero-order valence-corrected chi connectivity index (χ0v) is 36.9. The highest BCUT2D eigenvalue weighted by Gasteiger charge is 2.49. The first-order chi connectivity index (χ1) is 26.3. The molecule has 2 heterocycles. The molecule has 2 aromatic rings. The van der Waals surface area contributed by atoms with Crippen LogP contribution < -0.4 is 0 Å². The Balaban J connectivity index is 1.49. The first kappa shape index (κ1) is 45.5. The Hall–Kier alpha value is -3.15. The molecule has 0 spiro atoms. The van der Waals surface area contributed by atoms with Crippen LogP contribution in [0.1, 0.15) is 107 Å². The van der Waals surface area contributed by atoms with E-state index in [9.17, 15) is 19.5 Å². The number of rotatable bonds is 18. The van der Waals surface area contributed by atoms with E-state index < -0.39 is 56.9 Å². The molecule has 4 rings (SSSR count). The van der Waals surface area contributed by atoms with Gasteiger partial charge in [-0.15, -0.1) is 0 Å². The Morgan fingerprint density at radius 3 is 1.95 bits per heavy atom. The number of hydrogen-bond donors (Lipinski definition) is 1. The second-order valence-corrected chi connectivity index (χ2v) is 23.1. The minimum absolute atomic E-state index is 0.132. The number of allylic oxidation sites excluding steroid dienone is 1. The zero-order chi connectivity index (χ0) is 41.6. The van der Waals surface area contributed by atoms with Gasteiger partial charge in [0.2, 0.25) is 14.2 Å². The third-order valence-electron chi connectivity index (χ3n) is 12.8. The van der Waals surface area contributed by atoms with E-state index >= 15 is 0 Å². The average molecular weight is 792 g/mol. The minimum atomic E-state index is -2.20. The summed E-state index contributed by atoms with van der Waals surface area (Å²) in [6.07, 6.45) is -2.75. The fourth-order valence-corrected chi connectivity index (χ4v) is 15.2. The van der Waals surface area contributed by atoms with Crippen molar-refractivity contribution < 1.29 is 38.1 Å². The number of carbonyl (C=O) groups is 3. The third-order valence-corrected chi connectivity index (χ3v) is 19.0. The van der Waals surface area contributed by atoms with E-state index in [0.29, 0.717) is 35.0 Å². The van der Waals surface area contributed by atoms with Gasteiger partial charge in [-0.2, -0.15) is 0 Å². The van der Waals surface area contributed by atoms with E-state index in [4.69, 9.17) is 18.6 Å².